The Hall–Kier alpha value is -0.860. The van der Waals surface area contributed by atoms with Crippen molar-refractivity contribution >= 4 is 0 Å². The summed E-state index contributed by atoms with van der Waals surface area (Å²) in [5.41, 5.74) is 3.06. The number of nitrogens with zero attached hydrogens (tertiary/aromatic N) is 1. The van der Waals surface area contributed by atoms with E-state index in [1.807, 2.05) is 0 Å². The first-order chi connectivity index (χ1) is 10.3. The van der Waals surface area contributed by atoms with Crippen LogP contribution < -0.4 is 5.32 Å². The van der Waals surface area contributed by atoms with Crippen LogP contribution in [0.15, 0.2) is 24.3 Å². The predicted molar refractivity (Wildman–Crippen MR) is 91.6 cm³/mol. The van der Waals surface area contributed by atoms with E-state index in [4.69, 9.17) is 0 Å². The number of nitrogens with one attached hydrogen (secondary N) is 1. The van der Waals surface area contributed by atoms with Crippen LogP contribution >= 0.6 is 0 Å². The Labute approximate surface area is 130 Å². The monoisotopic (exact) mass is 288 g/mol. The zero-order valence-electron chi connectivity index (χ0n) is 13.9. The van der Waals surface area contributed by atoms with Crippen LogP contribution in [0.4, 0.5) is 0 Å². The van der Waals surface area contributed by atoms with Crippen LogP contribution in [0.3, 0.4) is 0 Å². The number of likely N-dealkylation sites (tertiary alicyclic amines) is 1. The Kier molecular flexibility index (Phi) is 7.25. The average Bonchev–Trinajstić information content (AvgIpc) is 2.74. The van der Waals surface area contributed by atoms with Crippen molar-refractivity contribution in [3.05, 3.63) is 35.4 Å². The van der Waals surface area contributed by atoms with Gasteiger partial charge in [-0.05, 0) is 62.5 Å². The largest absolute Gasteiger partial charge is 0.316 e. The molecular weight excluding hydrogens is 256 g/mol. The fourth-order valence-electron chi connectivity index (χ4n) is 3.10. The van der Waals surface area contributed by atoms with Gasteiger partial charge in [-0.25, -0.2) is 0 Å². The van der Waals surface area contributed by atoms with Crippen molar-refractivity contribution in [2.45, 2.75) is 52.5 Å². The van der Waals surface area contributed by atoms with E-state index in [1.165, 1.54) is 49.9 Å². The molecule has 0 saturated carbocycles. The lowest BCUT2D eigenvalue weighted by Crippen LogP contribution is -2.25. The zero-order chi connectivity index (χ0) is 14.9. The maximum absolute atomic E-state index is 3.56. The van der Waals surface area contributed by atoms with Gasteiger partial charge >= 0.3 is 0 Å². The summed E-state index contributed by atoms with van der Waals surface area (Å²) in [7, 11) is 0. The molecule has 1 N–H and O–H groups in total. The summed E-state index contributed by atoms with van der Waals surface area (Å²) in [5.74, 6) is 0.734. The smallest absolute Gasteiger partial charge is 0.0236 e. The van der Waals surface area contributed by atoms with E-state index in [1.54, 1.807) is 0 Å². The van der Waals surface area contributed by atoms with E-state index < -0.39 is 0 Å². The molecule has 1 saturated heterocycles. The minimum Gasteiger partial charge on any atom is -0.316 e. The van der Waals surface area contributed by atoms with Gasteiger partial charge in [0.2, 0.25) is 0 Å². The van der Waals surface area contributed by atoms with E-state index >= 15 is 0 Å². The van der Waals surface area contributed by atoms with Gasteiger partial charge in [-0.3, -0.25) is 4.90 Å². The molecule has 1 aromatic rings. The van der Waals surface area contributed by atoms with E-state index in [0.29, 0.717) is 0 Å². The molecule has 0 aromatic heterocycles. The standard InChI is InChI=1S/C19H32N2/c1-17(2)15-20-12-11-18-9-5-6-10-19(18)16-21-13-7-3-4-8-14-21/h5-6,9-10,17,20H,3-4,7-8,11-16H2,1-2H3. The molecule has 118 valence electrons. The first kappa shape index (κ1) is 16.5. The molecule has 1 aromatic carbocycles. The third-order valence-electron chi connectivity index (χ3n) is 4.33. The Bertz CT molecular complexity index is 392. The molecule has 0 spiro atoms. The van der Waals surface area contributed by atoms with Gasteiger partial charge < -0.3 is 5.32 Å². The molecule has 0 atom stereocenters. The minimum absolute atomic E-state index is 0.734. The van der Waals surface area contributed by atoms with Crippen molar-refractivity contribution < 1.29 is 0 Å². The second-order valence-corrected chi connectivity index (χ2v) is 6.81. The van der Waals surface area contributed by atoms with Crippen molar-refractivity contribution in [2.24, 2.45) is 5.92 Å². The lowest BCUT2D eigenvalue weighted by Gasteiger charge is -2.21. The minimum atomic E-state index is 0.734. The van der Waals surface area contributed by atoms with E-state index in [2.05, 4.69) is 48.3 Å². The molecule has 1 heterocycles. The molecule has 2 rings (SSSR count). The molecule has 0 bridgehead atoms. The van der Waals surface area contributed by atoms with Crippen LogP contribution in [0, 0.1) is 5.92 Å². The maximum atomic E-state index is 3.56. The fraction of sp³-hybridized carbons (Fsp3) is 0.684. The molecule has 2 nitrogen and oxygen atoms in total. The Morgan fingerprint density at radius 1 is 1.00 bits per heavy atom. The summed E-state index contributed by atoms with van der Waals surface area (Å²) >= 11 is 0. The van der Waals surface area contributed by atoms with E-state index in [9.17, 15) is 0 Å². The summed E-state index contributed by atoms with van der Waals surface area (Å²) in [6, 6.07) is 9.01. The highest BCUT2D eigenvalue weighted by atomic mass is 15.1. The summed E-state index contributed by atoms with van der Waals surface area (Å²) in [6.45, 7) is 10.4. The number of hydrogen-bond acceptors (Lipinski definition) is 2. The first-order valence-electron chi connectivity index (χ1n) is 8.75. The number of benzene rings is 1. The predicted octanol–water partition coefficient (Wildman–Crippen LogP) is 3.85. The van der Waals surface area contributed by atoms with Crippen molar-refractivity contribution in [1.82, 2.24) is 10.2 Å². The molecule has 21 heavy (non-hydrogen) atoms. The van der Waals surface area contributed by atoms with E-state index in [0.717, 1.165) is 32.0 Å². The Morgan fingerprint density at radius 2 is 1.67 bits per heavy atom. The molecule has 2 heteroatoms. The van der Waals surface area contributed by atoms with Gasteiger partial charge in [-0.1, -0.05) is 51.0 Å². The van der Waals surface area contributed by atoms with Crippen LogP contribution in [0.5, 0.6) is 0 Å². The van der Waals surface area contributed by atoms with Crippen LogP contribution in [-0.4, -0.2) is 31.1 Å². The lowest BCUT2D eigenvalue weighted by molar-refractivity contribution is 0.276. The quantitative estimate of drug-likeness (QED) is 0.767. The van der Waals surface area contributed by atoms with Crippen molar-refractivity contribution in [2.75, 3.05) is 26.2 Å². The Morgan fingerprint density at radius 3 is 2.33 bits per heavy atom. The molecule has 0 unspecified atom stereocenters. The van der Waals surface area contributed by atoms with Crippen LogP contribution in [0.25, 0.3) is 0 Å². The van der Waals surface area contributed by atoms with Crippen LogP contribution in [-0.2, 0) is 13.0 Å². The Balaban J connectivity index is 1.86. The number of hydrogen-bond donors (Lipinski definition) is 1. The molecule has 1 aliphatic rings. The second kappa shape index (κ2) is 9.22. The van der Waals surface area contributed by atoms with Crippen molar-refractivity contribution in [1.29, 1.82) is 0 Å². The highest BCUT2D eigenvalue weighted by molar-refractivity contribution is 5.27. The van der Waals surface area contributed by atoms with Gasteiger partial charge in [-0.15, -0.1) is 0 Å². The second-order valence-electron chi connectivity index (χ2n) is 6.81. The topological polar surface area (TPSA) is 15.3 Å². The third-order valence-corrected chi connectivity index (χ3v) is 4.33. The molecule has 1 fully saturated rings. The molecule has 0 radical (unpaired) electrons. The maximum Gasteiger partial charge on any atom is 0.0236 e. The fourth-order valence-corrected chi connectivity index (χ4v) is 3.10. The normalized spacial score (nSPS) is 17.1. The summed E-state index contributed by atoms with van der Waals surface area (Å²) in [5, 5.41) is 3.56. The molecule has 0 aliphatic carbocycles. The summed E-state index contributed by atoms with van der Waals surface area (Å²) in [4.78, 5) is 2.65. The van der Waals surface area contributed by atoms with Gasteiger partial charge in [0.15, 0.2) is 0 Å². The molecule has 1 aliphatic heterocycles. The van der Waals surface area contributed by atoms with E-state index in [-0.39, 0.29) is 0 Å². The van der Waals surface area contributed by atoms with Gasteiger partial charge in [0.05, 0.1) is 0 Å². The number of rotatable bonds is 7. The van der Waals surface area contributed by atoms with Crippen molar-refractivity contribution in [3.63, 3.8) is 0 Å². The van der Waals surface area contributed by atoms with Gasteiger partial charge in [0.25, 0.3) is 0 Å². The van der Waals surface area contributed by atoms with Crippen molar-refractivity contribution in [3.8, 4) is 0 Å². The summed E-state index contributed by atoms with van der Waals surface area (Å²) < 4.78 is 0. The first-order valence-corrected chi connectivity index (χ1v) is 8.75. The van der Waals surface area contributed by atoms with Crippen LogP contribution in [0.2, 0.25) is 0 Å². The summed E-state index contributed by atoms with van der Waals surface area (Å²) in [6.07, 6.45) is 6.72. The average molecular weight is 288 g/mol. The SMILES string of the molecule is CC(C)CNCCc1ccccc1CN1CCCCCC1. The van der Waals surface area contributed by atoms with Gasteiger partial charge in [0, 0.05) is 6.54 Å². The van der Waals surface area contributed by atoms with Crippen LogP contribution in [0.1, 0.15) is 50.7 Å². The molecular formula is C19H32N2. The van der Waals surface area contributed by atoms with Gasteiger partial charge in [0.1, 0.15) is 0 Å². The lowest BCUT2D eigenvalue weighted by atomic mass is 10.0. The highest BCUT2D eigenvalue weighted by Gasteiger charge is 2.11. The third kappa shape index (κ3) is 6.19. The highest BCUT2D eigenvalue weighted by Crippen LogP contribution is 2.16. The zero-order valence-corrected chi connectivity index (χ0v) is 13.9. The van der Waals surface area contributed by atoms with Gasteiger partial charge in [-0.2, -0.15) is 0 Å². The molecule has 0 amide bonds.